The van der Waals surface area contributed by atoms with E-state index in [2.05, 4.69) is 127 Å². The Morgan fingerprint density at radius 3 is 1.36 bits per heavy atom. The Morgan fingerprint density at radius 2 is 0.797 bits per heavy atom. The highest BCUT2D eigenvalue weighted by molar-refractivity contribution is 7.85. The number of hydrogen-bond acceptors (Lipinski definition) is 4. The lowest BCUT2D eigenvalue weighted by molar-refractivity contribution is 0.346. The summed E-state index contributed by atoms with van der Waals surface area (Å²) >= 11 is 0. The van der Waals surface area contributed by atoms with Crippen LogP contribution in [0.2, 0.25) is 0 Å². The van der Waals surface area contributed by atoms with Gasteiger partial charge in [0.1, 0.15) is 0 Å². The summed E-state index contributed by atoms with van der Waals surface area (Å²) in [4.78, 5) is 15.6. The molecule has 0 N–H and O–H groups in total. The highest BCUT2D eigenvalue weighted by atomic mass is 31.2. The first-order chi connectivity index (χ1) is 31.6. The van der Waals surface area contributed by atoms with E-state index in [1.54, 1.807) is 0 Å². The topological polar surface area (TPSA) is 55.7 Å². The van der Waals surface area contributed by atoms with Crippen LogP contribution in [0.15, 0.2) is 218 Å². The molecule has 1 aromatic heterocycles. The molecule has 1 aliphatic rings. The molecule has 1 aliphatic carbocycles. The van der Waals surface area contributed by atoms with Crippen molar-refractivity contribution in [2.45, 2.75) is 37.5 Å². The maximum atomic E-state index is 15.2. The van der Waals surface area contributed by atoms with Crippen molar-refractivity contribution in [1.29, 1.82) is 0 Å². The zero-order valence-electron chi connectivity index (χ0n) is 35.5. The molecule has 1 saturated carbocycles. The molecule has 0 spiro atoms. The van der Waals surface area contributed by atoms with Crippen molar-refractivity contribution in [3.8, 4) is 45.3 Å². The Bertz CT molecular complexity index is 3210. The van der Waals surface area contributed by atoms with Crippen LogP contribution in [0.4, 0.5) is 0 Å². The Labute approximate surface area is 374 Å². The van der Waals surface area contributed by atoms with Gasteiger partial charge in [-0.25, -0.2) is 15.0 Å². The van der Waals surface area contributed by atoms with Gasteiger partial charge < -0.3 is 4.57 Å². The van der Waals surface area contributed by atoms with Crippen LogP contribution in [0, 0.1) is 0 Å². The molecule has 0 atom stereocenters. The monoisotopic (exact) mass is 843 g/mol. The van der Waals surface area contributed by atoms with Gasteiger partial charge in [0.25, 0.3) is 0 Å². The van der Waals surface area contributed by atoms with Crippen molar-refractivity contribution < 1.29 is 4.57 Å². The van der Waals surface area contributed by atoms with Crippen LogP contribution in [0.25, 0.3) is 66.8 Å². The third kappa shape index (κ3) is 7.15. The molecular formula is C59H46N3OP. The van der Waals surface area contributed by atoms with Crippen molar-refractivity contribution >= 4 is 44.6 Å². The number of rotatable bonds is 9. The maximum absolute atomic E-state index is 15.2. The summed E-state index contributed by atoms with van der Waals surface area (Å²) in [7, 11) is -3.10. The minimum absolute atomic E-state index is 0.116. The van der Waals surface area contributed by atoms with Crippen LogP contribution in [0.3, 0.4) is 0 Å². The van der Waals surface area contributed by atoms with E-state index < -0.39 is 7.14 Å². The predicted molar refractivity (Wildman–Crippen MR) is 266 cm³/mol. The molecule has 11 rings (SSSR count). The number of aromatic nitrogens is 3. The first-order valence-electron chi connectivity index (χ1n) is 22.3. The summed E-state index contributed by atoms with van der Waals surface area (Å²) in [6, 6.07) is 75.8. The molecule has 10 aromatic rings. The summed E-state index contributed by atoms with van der Waals surface area (Å²) in [5.74, 6) is 1.97. The fourth-order valence-corrected chi connectivity index (χ4v) is 12.7. The van der Waals surface area contributed by atoms with Crippen LogP contribution < -0.4 is 15.9 Å². The molecule has 0 aliphatic heterocycles. The van der Waals surface area contributed by atoms with E-state index in [1.165, 1.54) is 30.4 Å². The van der Waals surface area contributed by atoms with Gasteiger partial charge in [-0.05, 0) is 68.8 Å². The zero-order valence-corrected chi connectivity index (χ0v) is 36.4. The van der Waals surface area contributed by atoms with Gasteiger partial charge in [0.05, 0.1) is 0 Å². The Hall–Kier alpha value is -7.26. The zero-order chi connectivity index (χ0) is 42.9. The van der Waals surface area contributed by atoms with Crippen molar-refractivity contribution in [1.82, 2.24) is 15.0 Å². The molecule has 0 unspecified atom stereocenters. The van der Waals surface area contributed by atoms with E-state index in [4.69, 9.17) is 15.0 Å². The molecule has 0 amide bonds. The third-order valence-corrected chi connectivity index (χ3v) is 16.3. The average Bonchev–Trinajstić information content (AvgIpc) is 3.38. The fourth-order valence-electron chi connectivity index (χ4n) is 10.0. The number of hydrogen-bond donors (Lipinski definition) is 0. The Kier molecular flexibility index (Phi) is 10.4. The minimum atomic E-state index is -3.10. The summed E-state index contributed by atoms with van der Waals surface area (Å²) in [5.41, 5.74) is 7.62. The van der Waals surface area contributed by atoms with Gasteiger partial charge >= 0.3 is 0 Å². The fraction of sp³-hybridized carbons (Fsp3) is 0.102. The van der Waals surface area contributed by atoms with E-state index in [1.807, 2.05) is 91.0 Å². The van der Waals surface area contributed by atoms with E-state index in [-0.39, 0.29) is 5.41 Å². The van der Waals surface area contributed by atoms with Crippen molar-refractivity contribution in [3.05, 3.63) is 230 Å². The van der Waals surface area contributed by atoms with E-state index in [0.717, 1.165) is 78.1 Å². The standard InChI is InChI=1S/C59H46N3OP/c63-64(50-23-7-2-8-24-50,51-25-9-3-10-26-51)52-27-17-22-45(41-52)42-30-34-48(35-31-42)59(38-15-4-16-39-59)49-36-32-44(33-37-49)57-60-56(43-18-5-1-6-19-43)61-58(62-57)55-53-28-13-11-20-46(53)40-47-21-12-14-29-54(47)55/h1-3,5-14,17-37,40-41H,4,15-16,38-39H2. The minimum Gasteiger partial charge on any atom is -0.309 e. The Morgan fingerprint density at radius 1 is 0.359 bits per heavy atom. The largest absolute Gasteiger partial charge is 0.309 e. The molecule has 4 nitrogen and oxygen atoms in total. The second kappa shape index (κ2) is 16.8. The van der Waals surface area contributed by atoms with Crippen molar-refractivity contribution in [2.75, 3.05) is 0 Å². The van der Waals surface area contributed by atoms with Gasteiger partial charge in [-0.2, -0.15) is 0 Å². The normalized spacial score (nSPS) is 13.8. The highest BCUT2D eigenvalue weighted by Gasteiger charge is 2.36. The smallest absolute Gasteiger partial charge is 0.171 e. The van der Waals surface area contributed by atoms with Crippen LogP contribution in [0.1, 0.15) is 43.2 Å². The van der Waals surface area contributed by atoms with E-state index in [9.17, 15) is 0 Å². The molecule has 1 heterocycles. The Balaban J connectivity index is 0.963. The lowest BCUT2D eigenvalue weighted by atomic mass is 9.65. The predicted octanol–water partition coefficient (Wildman–Crippen LogP) is 13.7. The highest BCUT2D eigenvalue weighted by Crippen LogP contribution is 2.47. The molecule has 0 saturated heterocycles. The molecule has 0 radical (unpaired) electrons. The van der Waals surface area contributed by atoms with Crippen molar-refractivity contribution in [2.24, 2.45) is 0 Å². The van der Waals surface area contributed by atoms with Gasteiger partial charge in [0, 0.05) is 38.0 Å². The summed E-state index contributed by atoms with van der Waals surface area (Å²) < 4.78 is 15.2. The second-order valence-electron chi connectivity index (χ2n) is 17.0. The molecule has 0 bridgehead atoms. The van der Waals surface area contributed by atoms with E-state index >= 15 is 4.57 Å². The maximum Gasteiger partial charge on any atom is 0.171 e. The molecule has 64 heavy (non-hydrogen) atoms. The lowest BCUT2D eigenvalue weighted by Crippen LogP contribution is -2.30. The van der Waals surface area contributed by atoms with Crippen molar-refractivity contribution in [3.63, 3.8) is 0 Å². The van der Waals surface area contributed by atoms with Gasteiger partial charge in [0.15, 0.2) is 24.6 Å². The average molecular weight is 844 g/mol. The molecule has 308 valence electrons. The first-order valence-corrected chi connectivity index (χ1v) is 24.0. The van der Waals surface area contributed by atoms with Crippen LogP contribution in [-0.4, -0.2) is 15.0 Å². The quantitative estimate of drug-likeness (QED) is 0.107. The van der Waals surface area contributed by atoms with Gasteiger partial charge in [-0.3, -0.25) is 0 Å². The van der Waals surface area contributed by atoms with Gasteiger partial charge in [-0.1, -0.05) is 226 Å². The van der Waals surface area contributed by atoms with Crippen LogP contribution in [0.5, 0.6) is 0 Å². The second-order valence-corrected chi connectivity index (χ2v) is 19.8. The summed E-state index contributed by atoms with van der Waals surface area (Å²) in [5, 5.41) is 7.05. The molecule has 5 heteroatoms. The molecular weight excluding hydrogens is 798 g/mol. The summed E-state index contributed by atoms with van der Waals surface area (Å²) in [6.45, 7) is 0. The SMILES string of the molecule is O=P(c1ccccc1)(c1ccccc1)c1cccc(-c2ccc(C3(c4ccc(-c5nc(-c6ccccc6)nc(-c6c7ccccc7cc7ccccc67)n5)cc4)CCCCC3)cc2)c1. The van der Waals surface area contributed by atoms with Gasteiger partial charge in [-0.15, -0.1) is 0 Å². The first kappa shape index (κ1) is 39.6. The molecule has 1 fully saturated rings. The number of nitrogens with zero attached hydrogens (tertiary/aromatic N) is 3. The molecule has 9 aromatic carbocycles. The van der Waals surface area contributed by atoms with Gasteiger partial charge in [0.2, 0.25) is 0 Å². The van der Waals surface area contributed by atoms with E-state index in [0.29, 0.717) is 17.5 Å². The van der Waals surface area contributed by atoms with Crippen LogP contribution >= 0.6 is 7.14 Å². The third-order valence-electron chi connectivity index (χ3n) is 13.3. The number of benzene rings is 9. The summed E-state index contributed by atoms with van der Waals surface area (Å²) in [6.07, 6.45) is 5.76. The lowest BCUT2D eigenvalue weighted by Gasteiger charge is -2.39. The van der Waals surface area contributed by atoms with Crippen LogP contribution in [-0.2, 0) is 9.98 Å². The number of fused-ring (bicyclic) bond motifs is 2.